The molecule has 0 bridgehead atoms. The van der Waals surface area contributed by atoms with Gasteiger partial charge in [0.2, 0.25) is 0 Å². The number of nitrogens with two attached hydrogens (primary N) is 1. The Labute approximate surface area is 110 Å². The Morgan fingerprint density at radius 2 is 2.00 bits per heavy atom. The smallest absolute Gasteiger partial charge is 0.170 e. The van der Waals surface area contributed by atoms with Crippen LogP contribution in [-0.2, 0) is 0 Å². The topological polar surface area (TPSA) is 51.8 Å². The van der Waals surface area contributed by atoms with Crippen molar-refractivity contribution in [2.45, 2.75) is 29.5 Å². The zero-order valence-corrected chi connectivity index (χ0v) is 11.5. The van der Waals surface area contributed by atoms with Crippen LogP contribution in [0.2, 0.25) is 0 Å². The standard InChI is InChI=1S/C12H15N3S2/c1-8-3-5-10(6-4-8)11(13)9(2)16-12-14-7-15-17-12/h3-7,9,11H,13H2,1-2H3. The van der Waals surface area contributed by atoms with E-state index < -0.39 is 0 Å². The number of hydrogen-bond acceptors (Lipinski definition) is 5. The zero-order chi connectivity index (χ0) is 12.3. The monoisotopic (exact) mass is 265 g/mol. The van der Waals surface area contributed by atoms with Crippen LogP contribution in [0.3, 0.4) is 0 Å². The van der Waals surface area contributed by atoms with Crippen molar-refractivity contribution in [3.8, 4) is 0 Å². The molecule has 0 radical (unpaired) electrons. The van der Waals surface area contributed by atoms with Crippen LogP contribution < -0.4 is 5.73 Å². The minimum atomic E-state index is 0.0181. The number of aryl methyl sites for hydroxylation is 1. The first-order chi connectivity index (χ1) is 8.16. The molecule has 2 aromatic rings. The summed E-state index contributed by atoms with van der Waals surface area (Å²) in [5, 5.41) is 0.283. The Bertz CT molecular complexity index is 453. The molecular formula is C12H15N3S2. The first-order valence-electron chi connectivity index (χ1n) is 5.42. The zero-order valence-electron chi connectivity index (χ0n) is 9.83. The predicted octanol–water partition coefficient (Wildman–Crippen LogP) is 3.03. The molecule has 17 heavy (non-hydrogen) atoms. The lowest BCUT2D eigenvalue weighted by molar-refractivity contribution is 0.714. The van der Waals surface area contributed by atoms with Crippen LogP contribution in [0.25, 0.3) is 0 Å². The summed E-state index contributed by atoms with van der Waals surface area (Å²) in [5.74, 6) is 0. The first kappa shape index (κ1) is 12.5. The summed E-state index contributed by atoms with van der Waals surface area (Å²) in [6.07, 6.45) is 1.58. The third-order valence-corrected chi connectivity index (χ3v) is 4.54. The summed E-state index contributed by atoms with van der Waals surface area (Å²) in [7, 11) is 0. The summed E-state index contributed by atoms with van der Waals surface area (Å²) in [4.78, 5) is 4.16. The van der Waals surface area contributed by atoms with Gasteiger partial charge in [-0.25, -0.2) is 4.98 Å². The van der Waals surface area contributed by atoms with E-state index in [-0.39, 0.29) is 11.3 Å². The lowest BCUT2D eigenvalue weighted by Gasteiger charge is -2.18. The van der Waals surface area contributed by atoms with Gasteiger partial charge < -0.3 is 5.73 Å². The van der Waals surface area contributed by atoms with Gasteiger partial charge in [-0.05, 0) is 24.0 Å². The van der Waals surface area contributed by atoms with Gasteiger partial charge in [0.05, 0.1) is 0 Å². The average Bonchev–Trinajstić information content (AvgIpc) is 2.82. The second-order valence-corrected chi connectivity index (χ2v) is 6.37. The van der Waals surface area contributed by atoms with Crippen LogP contribution in [0, 0.1) is 6.92 Å². The maximum Gasteiger partial charge on any atom is 0.170 e. The fourth-order valence-electron chi connectivity index (χ4n) is 1.51. The van der Waals surface area contributed by atoms with Crippen LogP contribution in [0.1, 0.15) is 24.1 Å². The van der Waals surface area contributed by atoms with Crippen molar-refractivity contribution in [3.63, 3.8) is 0 Å². The second kappa shape index (κ2) is 5.62. The van der Waals surface area contributed by atoms with Crippen LogP contribution in [0.15, 0.2) is 34.9 Å². The number of benzene rings is 1. The number of hydrogen-bond donors (Lipinski definition) is 1. The molecule has 2 N–H and O–H groups in total. The molecule has 5 heteroatoms. The van der Waals surface area contributed by atoms with Gasteiger partial charge in [-0.2, -0.15) is 4.37 Å². The lowest BCUT2D eigenvalue weighted by atomic mass is 10.0. The molecule has 90 valence electrons. The highest BCUT2D eigenvalue weighted by molar-refractivity contribution is 8.01. The van der Waals surface area contributed by atoms with Gasteiger partial charge in [-0.15, -0.1) is 0 Å². The highest BCUT2D eigenvalue weighted by atomic mass is 32.2. The molecule has 0 spiro atoms. The molecule has 0 aliphatic rings. The average molecular weight is 265 g/mol. The first-order valence-corrected chi connectivity index (χ1v) is 7.07. The molecule has 0 aliphatic carbocycles. The predicted molar refractivity (Wildman–Crippen MR) is 73.3 cm³/mol. The van der Waals surface area contributed by atoms with E-state index in [2.05, 4.69) is 47.5 Å². The molecule has 0 amide bonds. The van der Waals surface area contributed by atoms with E-state index in [1.807, 2.05) is 0 Å². The highest BCUT2D eigenvalue weighted by Crippen LogP contribution is 2.30. The summed E-state index contributed by atoms with van der Waals surface area (Å²) in [6, 6.07) is 8.40. The molecule has 1 aromatic heterocycles. The molecule has 2 rings (SSSR count). The molecule has 1 aromatic carbocycles. The maximum absolute atomic E-state index is 6.24. The van der Waals surface area contributed by atoms with Gasteiger partial charge in [0.15, 0.2) is 4.34 Å². The molecule has 1 heterocycles. The van der Waals surface area contributed by atoms with Crippen molar-refractivity contribution in [2.24, 2.45) is 5.73 Å². The quantitative estimate of drug-likeness (QED) is 0.863. The van der Waals surface area contributed by atoms with E-state index >= 15 is 0 Å². The largest absolute Gasteiger partial charge is 0.323 e. The van der Waals surface area contributed by atoms with Crippen molar-refractivity contribution in [2.75, 3.05) is 0 Å². The molecule has 2 unspecified atom stereocenters. The minimum Gasteiger partial charge on any atom is -0.323 e. The van der Waals surface area contributed by atoms with Crippen LogP contribution in [-0.4, -0.2) is 14.6 Å². The summed E-state index contributed by atoms with van der Waals surface area (Å²) >= 11 is 3.09. The third-order valence-electron chi connectivity index (χ3n) is 2.60. The van der Waals surface area contributed by atoms with Crippen LogP contribution in [0.4, 0.5) is 0 Å². The summed E-state index contributed by atoms with van der Waals surface area (Å²) in [6.45, 7) is 4.20. The molecule has 0 aliphatic heterocycles. The molecule has 3 nitrogen and oxygen atoms in total. The van der Waals surface area contributed by atoms with E-state index in [0.29, 0.717) is 0 Å². The molecular weight excluding hydrogens is 250 g/mol. The highest BCUT2D eigenvalue weighted by Gasteiger charge is 2.17. The van der Waals surface area contributed by atoms with E-state index in [4.69, 9.17) is 5.73 Å². The third kappa shape index (κ3) is 3.28. The van der Waals surface area contributed by atoms with E-state index in [1.54, 1.807) is 18.1 Å². The second-order valence-electron chi connectivity index (χ2n) is 3.97. The minimum absolute atomic E-state index is 0.0181. The molecule has 0 fully saturated rings. The normalized spacial score (nSPS) is 14.5. The van der Waals surface area contributed by atoms with Gasteiger partial charge in [-0.1, -0.05) is 48.5 Å². The van der Waals surface area contributed by atoms with Crippen molar-refractivity contribution in [1.29, 1.82) is 0 Å². The van der Waals surface area contributed by atoms with Crippen molar-refractivity contribution in [1.82, 2.24) is 9.36 Å². The molecule has 2 atom stereocenters. The van der Waals surface area contributed by atoms with Gasteiger partial charge >= 0.3 is 0 Å². The number of nitrogens with zero attached hydrogens (tertiary/aromatic N) is 2. The van der Waals surface area contributed by atoms with E-state index in [0.717, 1.165) is 4.34 Å². The maximum atomic E-state index is 6.24. The van der Waals surface area contributed by atoms with Gasteiger partial charge in [0.1, 0.15) is 6.33 Å². The van der Waals surface area contributed by atoms with Crippen LogP contribution >= 0.6 is 23.3 Å². The van der Waals surface area contributed by atoms with Crippen molar-refractivity contribution >= 4 is 23.3 Å². The number of thioether (sulfide) groups is 1. The Kier molecular flexibility index (Phi) is 4.15. The van der Waals surface area contributed by atoms with Crippen molar-refractivity contribution < 1.29 is 0 Å². The van der Waals surface area contributed by atoms with Crippen LogP contribution in [0.5, 0.6) is 0 Å². The number of aromatic nitrogens is 2. The fraction of sp³-hybridized carbons (Fsp3) is 0.333. The Morgan fingerprint density at radius 1 is 1.29 bits per heavy atom. The SMILES string of the molecule is Cc1ccc(C(N)C(C)Sc2ncns2)cc1. The lowest BCUT2D eigenvalue weighted by Crippen LogP contribution is -2.20. The molecule has 0 saturated heterocycles. The summed E-state index contributed by atoms with van der Waals surface area (Å²) in [5.41, 5.74) is 8.66. The fourth-order valence-corrected chi connectivity index (χ4v) is 3.27. The van der Waals surface area contributed by atoms with E-state index in [1.165, 1.54) is 22.7 Å². The Morgan fingerprint density at radius 3 is 2.59 bits per heavy atom. The Balaban J connectivity index is 2.04. The van der Waals surface area contributed by atoms with Crippen molar-refractivity contribution in [3.05, 3.63) is 41.7 Å². The Hall–Kier alpha value is -0.910. The summed E-state index contributed by atoms with van der Waals surface area (Å²) < 4.78 is 4.96. The number of rotatable bonds is 4. The van der Waals surface area contributed by atoms with Gasteiger partial charge in [0.25, 0.3) is 0 Å². The molecule has 0 saturated carbocycles. The van der Waals surface area contributed by atoms with E-state index in [9.17, 15) is 0 Å². The van der Waals surface area contributed by atoms with Gasteiger partial charge in [-0.3, -0.25) is 0 Å². The van der Waals surface area contributed by atoms with Gasteiger partial charge in [0, 0.05) is 11.3 Å².